The smallest absolute Gasteiger partial charge is 0.251 e. The van der Waals surface area contributed by atoms with E-state index in [0.717, 1.165) is 18.9 Å². The van der Waals surface area contributed by atoms with E-state index in [1.54, 1.807) is 18.3 Å². The van der Waals surface area contributed by atoms with Gasteiger partial charge in [0.15, 0.2) is 11.6 Å². The third-order valence-corrected chi connectivity index (χ3v) is 5.30. The molecule has 0 bridgehead atoms. The van der Waals surface area contributed by atoms with Gasteiger partial charge in [-0.1, -0.05) is 12.1 Å². The molecule has 0 unspecified atom stereocenters. The van der Waals surface area contributed by atoms with Crippen LogP contribution in [0.5, 0.6) is 0 Å². The number of ether oxygens (including phenoxy) is 1. The second kappa shape index (κ2) is 9.32. The van der Waals surface area contributed by atoms with E-state index in [9.17, 15) is 18.7 Å². The standard InChI is InChI=1S/C22H22F2N4O3/c23-17-3-1-2-16(21(17)24)19(13-29)28-9-5-14(12-20(28)30)18-4-8-25-22(27-18)26-15-6-10-31-11-7-15/h1-5,8-9,12,15,19,29H,6-7,10-11,13H2,(H,25,26,27)/t19-/m1/s1. The van der Waals surface area contributed by atoms with Crippen molar-refractivity contribution in [1.29, 1.82) is 0 Å². The minimum Gasteiger partial charge on any atom is -0.394 e. The molecule has 1 saturated heterocycles. The van der Waals surface area contributed by atoms with Crippen LogP contribution in [0, 0.1) is 11.6 Å². The summed E-state index contributed by atoms with van der Waals surface area (Å²) in [6.45, 7) is 0.813. The molecule has 1 atom stereocenters. The average Bonchev–Trinajstić information content (AvgIpc) is 2.79. The van der Waals surface area contributed by atoms with Gasteiger partial charge in [0.25, 0.3) is 5.56 Å². The van der Waals surface area contributed by atoms with Crippen molar-refractivity contribution in [2.75, 3.05) is 25.1 Å². The molecule has 0 amide bonds. The van der Waals surface area contributed by atoms with Crippen molar-refractivity contribution in [3.05, 3.63) is 76.3 Å². The van der Waals surface area contributed by atoms with Gasteiger partial charge in [-0.2, -0.15) is 0 Å². The Balaban J connectivity index is 1.61. The number of benzene rings is 1. The molecule has 9 heteroatoms. The molecule has 4 rings (SSSR count). The zero-order chi connectivity index (χ0) is 21.8. The minimum atomic E-state index is -1.09. The zero-order valence-electron chi connectivity index (χ0n) is 16.7. The van der Waals surface area contributed by atoms with Crippen LogP contribution in [0.15, 0.2) is 53.6 Å². The maximum Gasteiger partial charge on any atom is 0.251 e. The van der Waals surface area contributed by atoms with Crippen LogP contribution in [-0.2, 0) is 4.74 Å². The minimum absolute atomic E-state index is 0.0951. The summed E-state index contributed by atoms with van der Waals surface area (Å²) in [4.78, 5) is 21.5. The zero-order valence-corrected chi connectivity index (χ0v) is 16.7. The molecule has 7 nitrogen and oxygen atoms in total. The van der Waals surface area contributed by atoms with Crippen molar-refractivity contribution < 1.29 is 18.6 Å². The van der Waals surface area contributed by atoms with E-state index in [2.05, 4.69) is 15.3 Å². The number of nitrogens with zero attached hydrogens (tertiary/aromatic N) is 3. The lowest BCUT2D eigenvalue weighted by atomic mass is 10.1. The summed E-state index contributed by atoms with van der Waals surface area (Å²) < 4.78 is 34.3. The van der Waals surface area contributed by atoms with Crippen LogP contribution in [0.25, 0.3) is 11.3 Å². The predicted octanol–water partition coefficient (Wildman–Crippen LogP) is 2.76. The summed E-state index contributed by atoms with van der Waals surface area (Å²) in [6, 6.07) is 7.52. The van der Waals surface area contributed by atoms with Gasteiger partial charge in [-0.05, 0) is 31.0 Å². The van der Waals surface area contributed by atoms with Crippen LogP contribution in [0.4, 0.5) is 14.7 Å². The van der Waals surface area contributed by atoms with Gasteiger partial charge >= 0.3 is 0 Å². The van der Waals surface area contributed by atoms with Crippen LogP contribution in [-0.4, -0.2) is 45.5 Å². The highest BCUT2D eigenvalue weighted by Crippen LogP contribution is 2.23. The molecule has 3 heterocycles. The average molecular weight is 428 g/mol. The second-order valence-electron chi connectivity index (χ2n) is 7.30. The van der Waals surface area contributed by atoms with E-state index in [1.165, 1.54) is 29.0 Å². The fourth-order valence-corrected chi connectivity index (χ4v) is 3.63. The van der Waals surface area contributed by atoms with Crippen molar-refractivity contribution in [1.82, 2.24) is 14.5 Å². The van der Waals surface area contributed by atoms with Gasteiger partial charge in [0.2, 0.25) is 5.95 Å². The lowest BCUT2D eigenvalue weighted by molar-refractivity contribution is 0.0903. The van der Waals surface area contributed by atoms with Gasteiger partial charge in [0.1, 0.15) is 0 Å². The van der Waals surface area contributed by atoms with Gasteiger partial charge in [0.05, 0.1) is 18.3 Å². The van der Waals surface area contributed by atoms with Crippen molar-refractivity contribution in [2.24, 2.45) is 0 Å². The lowest BCUT2D eigenvalue weighted by Gasteiger charge is -2.23. The Morgan fingerprint density at radius 1 is 1.23 bits per heavy atom. The maximum atomic E-state index is 14.2. The van der Waals surface area contributed by atoms with E-state index in [0.29, 0.717) is 30.4 Å². The highest BCUT2D eigenvalue weighted by atomic mass is 19.2. The summed E-state index contributed by atoms with van der Waals surface area (Å²) in [6.07, 6.45) is 4.77. The molecule has 0 radical (unpaired) electrons. The van der Waals surface area contributed by atoms with Gasteiger partial charge in [-0.3, -0.25) is 4.79 Å². The molecular formula is C22H22F2N4O3. The molecule has 162 valence electrons. The summed E-state index contributed by atoms with van der Waals surface area (Å²) in [7, 11) is 0. The molecule has 1 aromatic carbocycles. The third-order valence-electron chi connectivity index (χ3n) is 5.30. The number of halogens is 2. The van der Waals surface area contributed by atoms with Crippen molar-refractivity contribution in [3.63, 3.8) is 0 Å². The number of aromatic nitrogens is 3. The quantitative estimate of drug-likeness (QED) is 0.628. The normalized spacial score (nSPS) is 15.6. The molecule has 31 heavy (non-hydrogen) atoms. The number of nitrogens with one attached hydrogen (secondary N) is 1. The molecule has 0 saturated carbocycles. The van der Waals surface area contributed by atoms with E-state index >= 15 is 0 Å². The second-order valence-corrected chi connectivity index (χ2v) is 7.30. The fourth-order valence-electron chi connectivity index (χ4n) is 3.63. The molecular weight excluding hydrogens is 406 g/mol. The predicted molar refractivity (Wildman–Crippen MR) is 111 cm³/mol. The number of anilines is 1. The number of pyridine rings is 1. The van der Waals surface area contributed by atoms with Crippen LogP contribution in [0.1, 0.15) is 24.4 Å². The SMILES string of the molecule is O=c1cc(-c2ccnc(NC3CCOCC3)n2)ccn1[C@H](CO)c1cccc(F)c1F. The Labute approximate surface area is 177 Å². The van der Waals surface area contributed by atoms with Crippen LogP contribution >= 0.6 is 0 Å². The van der Waals surface area contributed by atoms with E-state index < -0.39 is 29.8 Å². The Morgan fingerprint density at radius 3 is 2.77 bits per heavy atom. The van der Waals surface area contributed by atoms with Gasteiger partial charge < -0.3 is 19.7 Å². The summed E-state index contributed by atoms with van der Waals surface area (Å²) in [5.74, 6) is -1.66. The molecule has 2 N–H and O–H groups in total. The molecule has 2 aromatic heterocycles. The Kier molecular flexibility index (Phi) is 6.34. The van der Waals surface area contributed by atoms with Gasteiger partial charge in [-0.15, -0.1) is 0 Å². The van der Waals surface area contributed by atoms with Crippen LogP contribution < -0.4 is 10.9 Å². The fraction of sp³-hybridized carbons (Fsp3) is 0.318. The number of hydrogen-bond acceptors (Lipinski definition) is 6. The maximum absolute atomic E-state index is 14.2. The highest BCUT2D eigenvalue weighted by molar-refractivity contribution is 5.59. The Bertz CT molecular complexity index is 1120. The molecule has 1 aliphatic heterocycles. The first-order valence-corrected chi connectivity index (χ1v) is 10.0. The summed E-state index contributed by atoms with van der Waals surface area (Å²) in [5, 5.41) is 13.0. The number of aliphatic hydroxyl groups is 1. The highest BCUT2D eigenvalue weighted by Gasteiger charge is 2.21. The van der Waals surface area contributed by atoms with Crippen molar-refractivity contribution in [2.45, 2.75) is 24.9 Å². The summed E-state index contributed by atoms with van der Waals surface area (Å²) >= 11 is 0. The van der Waals surface area contributed by atoms with Crippen molar-refractivity contribution >= 4 is 5.95 Å². The van der Waals surface area contributed by atoms with Gasteiger partial charge in [-0.25, -0.2) is 18.7 Å². The van der Waals surface area contributed by atoms with Crippen LogP contribution in [0.2, 0.25) is 0 Å². The van der Waals surface area contributed by atoms with Crippen LogP contribution in [0.3, 0.4) is 0 Å². The molecule has 1 fully saturated rings. The van der Waals surface area contributed by atoms with E-state index in [1.807, 2.05) is 0 Å². The third kappa shape index (κ3) is 4.62. The Morgan fingerprint density at radius 2 is 2.03 bits per heavy atom. The first-order chi connectivity index (χ1) is 15.1. The molecule has 0 aliphatic carbocycles. The number of aliphatic hydroxyl groups excluding tert-OH is 1. The van der Waals surface area contributed by atoms with E-state index in [4.69, 9.17) is 4.74 Å². The lowest BCUT2D eigenvalue weighted by Crippen LogP contribution is -2.28. The summed E-state index contributed by atoms with van der Waals surface area (Å²) in [5.41, 5.74) is 0.529. The van der Waals surface area contributed by atoms with Crippen molar-refractivity contribution in [3.8, 4) is 11.3 Å². The topological polar surface area (TPSA) is 89.3 Å². The largest absolute Gasteiger partial charge is 0.394 e. The molecule has 0 spiro atoms. The number of rotatable bonds is 6. The monoisotopic (exact) mass is 428 g/mol. The first kappa shape index (κ1) is 21.1. The van der Waals surface area contributed by atoms with E-state index in [-0.39, 0.29) is 11.6 Å². The van der Waals surface area contributed by atoms with Gasteiger partial charge in [0, 0.05) is 48.8 Å². The Hall–Kier alpha value is -3.17. The molecule has 3 aromatic rings. The first-order valence-electron chi connectivity index (χ1n) is 10.0. The molecule has 1 aliphatic rings. The number of hydrogen-bond donors (Lipinski definition) is 2.